The van der Waals surface area contributed by atoms with Gasteiger partial charge in [0.05, 0.1) is 11.9 Å². The zero-order valence-corrected chi connectivity index (χ0v) is 13.8. The Morgan fingerprint density at radius 3 is 2.65 bits per heavy atom. The molecule has 0 radical (unpaired) electrons. The minimum absolute atomic E-state index is 0.603. The number of nitrogens with zero attached hydrogens (tertiary/aromatic N) is 3. The van der Waals surface area contributed by atoms with E-state index < -0.39 is 0 Å². The highest BCUT2D eigenvalue weighted by Gasteiger charge is 2.21. The van der Waals surface area contributed by atoms with Crippen LogP contribution in [0.1, 0.15) is 41.9 Å². The van der Waals surface area contributed by atoms with E-state index in [1.807, 2.05) is 0 Å². The summed E-state index contributed by atoms with van der Waals surface area (Å²) in [5.74, 6) is 0.846. The van der Waals surface area contributed by atoms with Gasteiger partial charge in [-0.15, -0.1) is 11.3 Å². The highest BCUT2D eigenvalue weighted by molar-refractivity contribution is 7.18. The first-order valence-electron chi connectivity index (χ1n) is 7.18. The zero-order chi connectivity index (χ0) is 14.3. The molecule has 0 aromatic carbocycles. The molecule has 2 heterocycles. The summed E-state index contributed by atoms with van der Waals surface area (Å²) in [4.78, 5) is 13.9. The maximum atomic E-state index is 6.36. The highest BCUT2D eigenvalue weighted by atomic mass is 35.5. The maximum Gasteiger partial charge on any atom is 0.145 e. The van der Waals surface area contributed by atoms with Crippen LogP contribution < -0.4 is 0 Å². The molecule has 1 fully saturated rings. The fraction of sp³-hybridized carbons (Fsp3) is 0.600. The first-order chi connectivity index (χ1) is 9.56. The Labute approximate surface area is 129 Å². The van der Waals surface area contributed by atoms with Crippen molar-refractivity contribution >= 4 is 33.2 Å². The predicted molar refractivity (Wildman–Crippen MR) is 85.6 cm³/mol. The van der Waals surface area contributed by atoms with Gasteiger partial charge in [0.2, 0.25) is 0 Å². The fourth-order valence-electron chi connectivity index (χ4n) is 3.01. The second kappa shape index (κ2) is 5.58. The molecule has 0 bridgehead atoms. The quantitative estimate of drug-likeness (QED) is 0.790. The van der Waals surface area contributed by atoms with Crippen LogP contribution in [0, 0.1) is 13.8 Å². The molecule has 5 heteroatoms. The summed E-state index contributed by atoms with van der Waals surface area (Å²) in [5, 5.41) is 1.63. The van der Waals surface area contributed by atoms with Gasteiger partial charge < -0.3 is 0 Å². The molecular weight excluding hydrogens is 290 g/mol. The highest BCUT2D eigenvalue weighted by Crippen LogP contribution is 2.33. The average Bonchev–Trinajstić information content (AvgIpc) is 2.99. The second-order valence-electron chi connectivity index (χ2n) is 5.75. The van der Waals surface area contributed by atoms with Gasteiger partial charge >= 0.3 is 0 Å². The van der Waals surface area contributed by atoms with Crippen LogP contribution >= 0.6 is 22.9 Å². The van der Waals surface area contributed by atoms with Gasteiger partial charge in [-0.2, -0.15) is 0 Å². The van der Waals surface area contributed by atoms with Crippen LogP contribution in [0.5, 0.6) is 0 Å². The van der Waals surface area contributed by atoms with Gasteiger partial charge in [-0.05, 0) is 39.3 Å². The molecule has 1 saturated carbocycles. The lowest BCUT2D eigenvalue weighted by Gasteiger charge is -2.23. The van der Waals surface area contributed by atoms with Crippen molar-refractivity contribution in [1.82, 2.24) is 14.9 Å². The Morgan fingerprint density at radius 2 is 1.95 bits per heavy atom. The number of halogens is 1. The van der Waals surface area contributed by atoms with E-state index in [1.54, 1.807) is 11.3 Å². The molecular formula is C15H20ClN3S. The Kier molecular flexibility index (Phi) is 3.98. The monoisotopic (exact) mass is 309 g/mol. The summed E-state index contributed by atoms with van der Waals surface area (Å²) in [6, 6.07) is 0.680. The van der Waals surface area contributed by atoms with Crippen LogP contribution in [-0.2, 0) is 6.54 Å². The minimum Gasteiger partial charge on any atom is -0.296 e. The van der Waals surface area contributed by atoms with Crippen molar-refractivity contribution in [3.63, 3.8) is 0 Å². The average molecular weight is 310 g/mol. The van der Waals surface area contributed by atoms with Gasteiger partial charge in [0.15, 0.2) is 0 Å². The van der Waals surface area contributed by atoms with Crippen molar-refractivity contribution in [1.29, 1.82) is 0 Å². The van der Waals surface area contributed by atoms with Crippen LogP contribution in [0.4, 0.5) is 0 Å². The van der Waals surface area contributed by atoms with Crippen LogP contribution in [0.2, 0.25) is 5.15 Å². The topological polar surface area (TPSA) is 29.0 Å². The third kappa shape index (κ3) is 2.57. The number of fused-ring (bicyclic) bond motifs is 1. The van der Waals surface area contributed by atoms with E-state index in [2.05, 4.69) is 30.8 Å². The molecule has 0 atom stereocenters. The SMILES string of the molecule is Cc1sc2nc(CN(C)C3CCCC3)nc(Cl)c2c1C. The van der Waals surface area contributed by atoms with Gasteiger partial charge in [-0.1, -0.05) is 24.4 Å². The summed E-state index contributed by atoms with van der Waals surface area (Å²) in [5.41, 5.74) is 1.21. The number of aromatic nitrogens is 2. The Balaban J connectivity index is 1.88. The molecule has 108 valence electrons. The molecule has 1 aliphatic rings. The third-order valence-corrected chi connectivity index (χ3v) is 5.74. The maximum absolute atomic E-state index is 6.36. The standard InChI is InChI=1S/C15H20ClN3S/c1-9-10(2)20-15-13(9)14(16)17-12(18-15)8-19(3)11-6-4-5-7-11/h11H,4-8H2,1-3H3. The van der Waals surface area contributed by atoms with Gasteiger partial charge in [0, 0.05) is 10.9 Å². The van der Waals surface area contributed by atoms with Crippen molar-refractivity contribution in [2.45, 2.75) is 52.1 Å². The first kappa shape index (κ1) is 14.2. The van der Waals surface area contributed by atoms with Crippen molar-refractivity contribution in [2.75, 3.05) is 7.05 Å². The van der Waals surface area contributed by atoms with Crippen LogP contribution in [0.25, 0.3) is 10.2 Å². The van der Waals surface area contributed by atoms with Gasteiger partial charge in [-0.3, -0.25) is 4.90 Å². The van der Waals surface area contributed by atoms with Crippen molar-refractivity contribution in [3.8, 4) is 0 Å². The number of thiophene rings is 1. The van der Waals surface area contributed by atoms with Crippen molar-refractivity contribution in [3.05, 3.63) is 21.4 Å². The largest absolute Gasteiger partial charge is 0.296 e. The van der Waals surface area contributed by atoms with E-state index in [9.17, 15) is 0 Å². The summed E-state index contributed by atoms with van der Waals surface area (Å²) in [7, 11) is 2.17. The van der Waals surface area contributed by atoms with E-state index in [1.165, 1.54) is 36.1 Å². The third-order valence-electron chi connectivity index (χ3n) is 4.37. The van der Waals surface area contributed by atoms with Gasteiger partial charge in [0.25, 0.3) is 0 Å². The van der Waals surface area contributed by atoms with Crippen LogP contribution in [-0.4, -0.2) is 28.0 Å². The van der Waals surface area contributed by atoms with E-state index in [0.29, 0.717) is 11.2 Å². The first-order valence-corrected chi connectivity index (χ1v) is 8.38. The molecule has 0 unspecified atom stereocenters. The number of rotatable bonds is 3. The molecule has 0 N–H and O–H groups in total. The fourth-order valence-corrected chi connectivity index (χ4v) is 4.44. The van der Waals surface area contributed by atoms with Crippen LogP contribution in [0.3, 0.4) is 0 Å². The van der Waals surface area contributed by atoms with E-state index in [0.717, 1.165) is 22.6 Å². The Bertz CT molecular complexity index is 632. The van der Waals surface area contributed by atoms with Crippen LogP contribution in [0.15, 0.2) is 0 Å². The van der Waals surface area contributed by atoms with Gasteiger partial charge in [-0.25, -0.2) is 9.97 Å². The van der Waals surface area contributed by atoms with Gasteiger partial charge in [0.1, 0.15) is 15.8 Å². The number of aryl methyl sites for hydroxylation is 2. The van der Waals surface area contributed by atoms with E-state index in [-0.39, 0.29) is 0 Å². The Hall–Kier alpha value is -0.710. The number of hydrogen-bond acceptors (Lipinski definition) is 4. The minimum atomic E-state index is 0.603. The Morgan fingerprint density at radius 1 is 1.25 bits per heavy atom. The predicted octanol–water partition coefficient (Wildman–Crippen LogP) is 4.34. The molecule has 3 rings (SSSR count). The molecule has 0 amide bonds. The smallest absolute Gasteiger partial charge is 0.145 e. The van der Waals surface area contributed by atoms with E-state index in [4.69, 9.17) is 16.6 Å². The van der Waals surface area contributed by atoms with E-state index >= 15 is 0 Å². The molecule has 20 heavy (non-hydrogen) atoms. The molecule has 2 aromatic heterocycles. The lowest BCUT2D eigenvalue weighted by molar-refractivity contribution is 0.232. The summed E-state index contributed by atoms with van der Waals surface area (Å²) in [6.07, 6.45) is 5.28. The lowest BCUT2D eigenvalue weighted by atomic mass is 10.2. The van der Waals surface area contributed by atoms with Crippen molar-refractivity contribution in [2.24, 2.45) is 0 Å². The molecule has 0 aliphatic heterocycles. The summed E-state index contributed by atoms with van der Waals surface area (Å²) >= 11 is 8.07. The molecule has 3 nitrogen and oxygen atoms in total. The molecule has 1 aliphatic carbocycles. The molecule has 0 spiro atoms. The molecule has 0 saturated heterocycles. The number of hydrogen-bond donors (Lipinski definition) is 0. The lowest BCUT2D eigenvalue weighted by Crippen LogP contribution is -2.29. The normalized spacial score (nSPS) is 16.6. The van der Waals surface area contributed by atoms with Crippen molar-refractivity contribution < 1.29 is 0 Å². The molecule has 2 aromatic rings. The summed E-state index contributed by atoms with van der Waals surface area (Å²) in [6.45, 7) is 4.99. The summed E-state index contributed by atoms with van der Waals surface area (Å²) < 4.78 is 0. The second-order valence-corrected chi connectivity index (χ2v) is 7.31. The zero-order valence-electron chi connectivity index (χ0n) is 12.2.